The first-order valence-corrected chi connectivity index (χ1v) is 6.02. The Morgan fingerprint density at radius 1 is 1.40 bits per heavy atom. The standard InChI is InChI=1S/C10H12F3NS/c11-10(12,13)8-1-2-9-7(5-8)6-15-4-3-14-9/h1,5,9,14H,2-4,6H2. The molecular weight excluding hydrogens is 223 g/mol. The van der Waals surface area contributed by atoms with Gasteiger partial charge in [-0.1, -0.05) is 6.08 Å². The molecule has 1 atom stereocenters. The van der Waals surface area contributed by atoms with E-state index >= 15 is 0 Å². The maximum Gasteiger partial charge on any atom is 0.416 e. The summed E-state index contributed by atoms with van der Waals surface area (Å²) in [6.45, 7) is 0.877. The van der Waals surface area contributed by atoms with Crippen LogP contribution in [0.3, 0.4) is 0 Å². The summed E-state index contributed by atoms with van der Waals surface area (Å²) in [5.74, 6) is 1.68. The number of thioether (sulfide) groups is 1. The normalized spacial score (nSPS) is 27.5. The van der Waals surface area contributed by atoms with Gasteiger partial charge in [0.1, 0.15) is 0 Å². The fraction of sp³-hybridized carbons (Fsp3) is 0.600. The topological polar surface area (TPSA) is 12.0 Å². The molecule has 1 saturated heterocycles. The van der Waals surface area contributed by atoms with Crippen molar-refractivity contribution in [3.8, 4) is 0 Å². The van der Waals surface area contributed by atoms with E-state index in [2.05, 4.69) is 5.32 Å². The Labute approximate surface area is 90.8 Å². The second-order valence-electron chi connectivity index (χ2n) is 3.67. The van der Waals surface area contributed by atoms with Gasteiger partial charge in [0.05, 0.1) is 5.57 Å². The molecule has 1 nitrogen and oxygen atoms in total. The smallest absolute Gasteiger partial charge is 0.309 e. The quantitative estimate of drug-likeness (QED) is 0.692. The molecule has 5 heteroatoms. The van der Waals surface area contributed by atoms with Crippen molar-refractivity contribution in [2.45, 2.75) is 18.6 Å². The van der Waals surface area contributed by atoms with E-state index in [-0.39, 0.29) is 6.04 Å². The highest BCUT2D eigenvalue weighted by Gasteiger charge is 2.34. The molecule has 1 fully saturated rings. The van der Waals surface area contributed by atoms with E-state index in [1.165, 1.54) is 12.2 Å². The van der Waals surface area contributed by atoms with Crippen molar-refractivity contribution in [3.05, 3.63) is 23.3 Å². The fourth-order valence-electron chi connectivity index (χ4n) is 1.81. The summed E-state index contributed by atoms with van der Waals surface area (Å²) >= 11 is 1.69. The predicted octanol–water partition coefficient (Wildman–Crippen LogP) is 2.51. The van der Waals surface area contributed by atoms with Gasteiger partial charge in [-0.15, -0.1) is 0 Å². The lowest BCUT2D eigenvalue weighted by molar-refractivity contribution is -0.0887. The maximum atomic E-state index is 12.5. The molecule has 0 aromatic carbocycles. The van der Waals surface area contributed by atoms with Gasteiger partial charge in [0.25, 0.3) is 0 Å². The number of hydrogen-bond donors (Lipinski definition) is 1. The molecule has 15 heavy (non-hydrogen) atoms. The van der Waals surface area contributed by atoms with Crippen molar-refractivity contribution in [2.75, 3.05) is 18.1 Å². The van der Waals surface area contributed by atoms with Crippen LogP contribution >= 0.6 is 11.8 Å². The number of hydrogen-bond acceptors (Lipinski definition) is 2. The molecule has 1 N–H and O–H groups in total. The SMILES string of the molecule is FC(F)(F)C1=CCC2NCCSCC2=C1. The highest BCUT2D eigenvalue weighted by Crippen LogP contribution is 2.33. The summed E-state index contributed by atoms with van der Waals surface area (Å²) in [6, 6.07) is 0.117. The molecule has 0 spiro atoms. The second kappa shape index (κ2) is 4.22. The molecule has 0 aromatic heterocycles. The molecule has 1 aliphatic heterocycles. The zero-order valence-electron chi connectivity index (χ0n) is 8.10. The minimum atomic E-state index is -4.20. The first-order chi connectivity index (χ1) is 7.07. The van der Waals surface area contributed by atoms with Gasteiger partial charge in [-0.3, -0.25) is 0 Å². The van der Waals surface area contributed by atoms with Crippen LogP contribution < -0.4 is 5.32 Å². The van der Waals surface area contributed by atoms with Crippen LogP contribution in [0.5, 0.6) is 0 Å². The zero-order chi connectivity index (χ0) is 10.9. The Morgan fingerprint density at radius 3 is 2.93 bits per heavy atom. The average Bonchev–Trinajstić information content (AvgIpc) is 2.39. The number of halogens is 3. The summed E-state index contributed by atoms with van der Waals surface area (Å²) in [4.78, 5) is 0. The van der Waals surface area contributed by atoms with Gasteiger partial charge in [-0.2, -0.15) is 24.9 Å². The molecular formula is C10H12F3NS. The van der Waals surface area contributed by atoms with E-state index in [1.54, 1.807) is 11.8 Å². The number of nitrogens with one attached hydrogen (secondary N) is 1. The molecule has 0 aromatic rings. The highest BCUT2D eigenvalue weighted by atomic mass is 32.2. The van der Waals surface area contributed by atoms with E-state index in [4.69, 9.17) is 0 Å². The molecule has 2 rings (SSSR count). The summed E-state index contributed by atoms with van der Waals surface area (Å²) in [7, 11) is 0. The lowest BCUT2D eigenvalue weighted by atomic mass is 9.95. The van der Waals surface area contributed by atoms with E-state index in [9.17, 15) is 13.2 Å². The van der Waals surface area contributed by atoms with Crippen molar-refractivity contribution in [2.24, 2.45) is 0 Å². The van der Waals surface area contributed by atoms with Gasteiger partial charge in [0.2, 0.25) is 0 Å². The van der Waals surface area contributed by atoms with Crippen molar-refractivity contribution in [1.29, 1.82) is 0 Å². The third-order valence-electron chi connectivity index (χ3n) is 2.60. The largest absolute Gasteiger partial charge is 0.416 e. The first-order valence-electron chi connectivity index (χ1n) is 4.86. The molecule has 1 aliphatic carbocycles. The number of rotatable bonds is 0. The average molecular weight is 235 g/mol. The first kappa shape index (κ1) is 11.1. The minimum Gasteiger partial charge on any atom is -0.309 e. The van der Waals surface area contributed by atoms with Crippen LogP contribution in [0.25, 0.3) is 0 Å². The van der Waals surface area contributed by atoms with E-state index in [0.29, 0.717) is 12.2 Å². The Kier molecular flexibility index (Phi) is 3.11. The van der Waals surface area contributed by atoms with Gasteiger partial charge < -0.3 is 5.32 Å². The molecule has 84 valence electrons. The van der Waals surface area contributed by atoms with E-state index in [1.807, 2.05) is 0 Å². The predicted molar refractivity (Wildman–Crippen MR) is 56.0 cm³/mol. The summed E-state index contributed by atoms with van der Waals surface area (Å²) in [5, 5.41) is 3.25. The molecule has 0 saturated carbocycles. The van der Waals surface area contributed by atoms with Gasteiger partial charge in [0, 0.05) is 24.1 Å². The van der Waals surface area contributed by atoms with Crippen LogP contribution in [0.4, 0.5) is 13.2 Å². The number of allylic oxidation sites excluding steroid dienone is 2. The van der Waals surface area contributed by atoms with Crippen LogP contribution in [0.1, 0.15) is 6.42 Å². The zero-order valence-corrected chi connectivity index (χ0v) is 8.92. The molecule has 0 amide bonds. The van der Waals surface area contributed by atoms with Crippen molar-refractivity contribution >= 4 is 11.8 Å². The Bertz CT molecular complexity index is 306. The number of fused-ring (bicyclic) bond motifs is 1. The molecule has 0 bridgehead atoms. The van der Waals surface area contributed by atoms with Crippen LogP contribution in [-0.2, 0) is 0 Å². The van der Waals surface area contributed by atoms with Crippen LogP contribution in [0, 0.1) is 0 Å². The van der Waals surface area contributed by atoms with Crippen LogP contribution in [0.2, 0.25) is 0 Å². The summed E-state index contributed by atoms with van der Waals surface area (Å²) < 4.78 is 37.4. The lowest BCUT2D eigenvalue weighted by Gasteiger charge is -2.23. The lowest BCUT2D eigenvalue weighted by Crippen LogP contribution is -2.33. The molecule has 1 unspecified atom stereocenters. The van der Waals surface area contributed by atoms with E-state index in [0.717, 1.165) is 17.9 Å². The maximum absolute atomic E-state index is 12.5. The minimum absolute atomic E-state index is 0.117. The Morgan fingerprint density at radius 2 is 2.20 bits per heavy atom. The fourth-order valence-corrected chi connectivity index (χ4v) is 2.73. The van der Waals surface area contributed by atoms with Crippen molar-refractivity contribution in [1.82, 2.24) is 5.32 Å². The van der Waals surface area contributed by atoms with E-state index < -0.39 is 11.7 Å². The summed E-state index contributed by atoms with van der Waals surface area (Å²) in [5.41, 5.74) is 0.394. The van der Waals surface area contributed by atoms with Gasteiger partial charge >= 0.3 is 6.18 Å². The summed E-state index contributed by atoms with van der Waals surface area (Å²) in [6.07, 6.45) is -1.15. The van der Waals surface area contributed by atoms with Crippen LogP contribution in [-0.4, -0.2) is 30.3 Å². The Balaban J connectivity index is 2.18. The second-order valence-corrected chi connectivity index (χ2v) is 4.78. The third-order valence-corrected chi connectivity index (χ3v) is 3.63. The molecule has 1 heterocycles. The van der Waals surface area contributed by atoms with Gasteiger partial charge in [0.15, 0.2) is 0 Å². The van der Waals surface area contributed by atoms with Gasteiger partial charge in [-0.25, -0.2) is 0 Å². The molecule has 2 aliphatic rings. The Hall–Kier alpha value is -0.420. The molecule has 0 radical (unpaired) electrons. The number of alkyl halides is 3. The highest BCUT2D eigenvalue weighted by molar-refractivity contribution is 7.99. The van der Waals surface area contributed by atoms with Crippen molar-refractivity contribution in [3.63, 3.8) is 0 Å². The van der Waals surface area contributed by atoms with Crippen LogP contribution in [0.15, 0.2) is 23.3 Å². The third kappa shape index (κ3) is 2.58. The monoisotopic (exact) mass is 235 g/mol. The van der Waals surface area contributed by atoms with Gasteiger partial charge in [-0.05, 0) is 18.1 Å². The van der Waals surface area contributed by atoms with Crippen molar-refractivity contribution < 1.29 is 13.2 Å².